The molecule has 2 bridgehead atoms. The number of halogens is 1. The van der Waals surface area contributed by atoms with Crippen LogP contribution in [0, 0.1) is 0 Å². The third-order valence-corrected chi connectivity index (χ3v) is 4.87. The summed E-state index contributed by atoms with van der Waals surface area (Å²) in [4.78, 5) is 25.9. The van der Waals surface area contributed by atoms with Crippen LogP contribution in [0.15, 0.2) is 29.3 Å². The Bertz CT molecular complexity index is 742. The van der Waals surface area contributed by atoms with Gasteiger partial charge in [0.1, 0.15) is 10.8 Å². The van der Waals surface area contributed by atoms with E-state index in [2.05, 4.69) is 19.9 Å². The first-order valence-corrected chi connectivity index (χ1v) is 8.18. The molecule has 2 aliphatic heterocycles. The van der Waals surface area contributed by atoms with Crippen LogP contribution in [-0.2, 0) is 4.74 Å². The van der Waals surface area contributed by atoms with Crippen molar-refractivity contribution in [3.8, 4) is 11.4 Å². The van der Waals surface area contributed by atoms with Crippen molar-refractivity contribution in [3.63, 3.8) is 0 Å². The number of aromatic amines is 1. The van der Waals surface area contributed by atoms with Gasteiger partial charge >= 0.3 is 0 Å². The molecule has 1 N–H and O–H groups in total. The summed E-state index contributed by atoms with van der Waals surface area (Å²) in [7, 11) is 0. The van der Waals surface area contributed by atoms with E-state index in [9.17, 15) is 4.79 Å². The summed E-state index contributed by atoms with van der Waals surface area (Å²) in [5.41, 5.74) is 0.501. The number of anilines is 1. The molecule has 0 aliphatic carbocycles. The summed E-state index contributed by atoms with van der Waals surface area (Å²) >= 11 is 6.30. The minimum Gasteiger partial charge on any atom is -0.377 e. The van der Waals surface area contributed by atoms with Crippen molar-refractivity contribution in [1.82, 2.24) is 15.0 Å². The van der Waals surface area contributed by atoms with Gasteiger partial charge in [0, 0.05) is 18.0 Å². The van der Waals surface area contributed by atoms with Gasteiger partial charge < -0.3 is 14.6 Å². The molecule has 2 aliphatic rings. The van der Waals surface area contributed by atoms with Crippen molar-refractivity contribution in [2.75, 3.05) is 18.1 Å². The minimum atomic E-state index is -0.312. The Morgan fingerprint density at radius 1 is 1.22 bits per heavy atom. The highest BCUT2D eigenvalue weighted by Crippen LogP contribution is 2.34. The van der Waals surface area contributed by atoms with Crippen molar-refractivity contribution in [1.29, 1.82) is 0 Å². The summed E-state index contributed by atoms with van der Waals surface area (Å²) in [6, 6.07) is 4.10. The number of morpholine rings is 1. The van der Waals surface area contributed by atoms with Crippen molar-refractivity contribution < 1.29 is 4.74 Å². The van der Waals surface area contributed by atoms with E-state index < -0.39 is 0 Å². The van der Waals surface area contributed by atoms with Gasteiger partial charge in [-0.1, -0.05) is 11.6 Å². The van der Waals surface area contributed by atoms with Crippen molar-refractivity contribution >= 4 is 17.4 Å². The maximum Gasteiger partial charge on any atom is 0.272 e. The van der Waals surface area contributed by atoms with Crippen LogP contribution in [0.25, 0.3) is 11.4 Å². The molecule has 4 rings (SSSR count). The molecule has 0 radical (unpaired) electrons. The van der Waals surface area contributed by atoms with Gasteiger partial charge in [-0.25, -0.2) is 4.98 Å². The van der Waals surface area contributed by atoms with Gasteiger partial charge in [0.25, 0.3) is 5.56 Å². The lowest BCUT2D eigenvalue weighted by atomic mass is 9.94. The number of hydrogen-bond donors (Lipinski definition) is 1. The molecule has 2 atom stereocenters. The minimum absolute atomic E-state index is 0.154. The topological polar surface area (TPSA) is 71.1 Å². The Morgan fingerprint density at radius 3 is 2.61 bits per heavy atom. The summed E-state index contributed by atoms with van der Waals surface area (Å²) in [5.74, 6) is 1.08. The first kappa shape index (κ1) is 14.7. The van der Waals surface area contributed by atoms with E-state index in [0.29, 0.717) is 24.9 Å². The Hall–Kier alpha value is -1.92. The maximum atomic E-state index is 12.3. The second kappa shape index (κ2) is 5.94. The van der Waals surface area contributed by atoms with Crippen LogP contribution in [0.4, 0.5) is 5.82 Å². The van der Waals surface area contributed by atoms with E-state index in [1.165, 1.54) is 6.42 Å². The number of H-pyrrole nitrogens is 1. The molecular formula is C16H17ClN4O2. The number of piperidine rings is 1. The van der Waals surface area contributed by atoms with Crippen molar-refractivity contribution in [2.45, 2.75) is 31.3 Å². The van der Waals surface area contributed by atoms with Gasteiger partial charge in [-0.2, -0.15) is 0 Å². The summed E-state index contributed by atoms with van der Waals surface area (Å²) in [5, 5.41) is 0.154. The predicted molar refractivity (Wildman–Crippen MR) is 87.8 cm³/mol. The normalized spacial score (nSPS) is 23.8. The second-order valence-electron chi connectivity index (χ2n) is 5.97. The van der Waals surface area contributed by atoms with E-state index in [-0.39, 0.29) is 22.7 Å². The molecule has 23 heavy (non-hydrogen) atoms. The lowest BCUT2D eigenvalue weighted by molar-refractivity contribution is 0.0458. The van der Waals surface area contributed by atoms with Gasteiger partial charge in [0.2, 0.25) is 0 Å². The van der Waals surface area contributed by atoms with Crippen LogP contribution in [0.1, 0.15) is 19.3 Å². The quantitative estimate of drug-likeness (QED) is 0.913. The predicted octanol–water partition coefficient (Wildman–Crippen LogP) is 2.24. The molecule has 7 heteroatoms. The second-order valence-corrected chi connectivity index (χ2v) is 6.35. The van der Waals surface area contributed by atoms with Crippen LogP contribution in [0.5, 0.6) is 0 Å². The number of pyridine rings is 1. The maximum absolute atomic E-state index is 12.3. The number of fused-ring (bicyclic) bond motifs is 2. The molecule has 2 unspecified atom stereocenters. The van der Waals surface area contributed by atoms with Crippen LogP contribution in [-0.4, -0.2) is 40.2 Å². The molecule has 0 saturated carbocycles. The SMILES string of the molecule is O=c1[nH]c(-c2ccncc2)nc(N2C3CCCC2COC3)c1Cl. The van der Waals surface area contributed by atoms with E-state index >= 15 is 0 Å². The fraction of sp³-hybridized carbons (Fsp3) is 0.438. The molecule has 2 aromatic rings. The molecule has 0 spiro atoms. The molecular weight excluding hydrogens is 316 g/mol. The van der Waals surface area contributed by atoms with Gasteiger partial charge in [-0.15, -0.1) is 0 Å². The van der Waals surface area contributed by atoms with E-state index in [4.69, 9.17) is 16.3 Å². The van der Waals surface area contributed by atoms with Gasteiger partial charge in [-0.05, 0) is 31.4 Å². The molecule has 4 heterocycles. The average molecular weight is 333 g/mol. The summed E-state index contributed by atoms with van der Waals surface area (Å²) in [6.45, 7) is 1.32. The highest BCUT2D eigenvalue weighted by molar-refractivity contribution is 6.32. The number of aromatic nitrogens is 3. The number of ether oxygens (including phenoxy) is 1. The first-order chi connectivity index (χ1) is 11.2. The molecule has 6 nitrogen and oxygen atoms in total. The van der Waals surface area contributed by atoms with E-state index in [0.717, 1.165) is 18.4 Å². The Balaban J connectivity index is 1.82. The fourth-order valence-corrected chi connectivity index (χ4v) is 3.63. The third-order valence-electron chi connectivity index (χ3n) is 4.53. The smallest absolute Gasteiger partial charge is 0.272 e. The monoisotopic (exact) mass is 332 g/mol. The Labute approximate surface area is 138 Å². The zero-order valence-electron chi connectivity index (χ0n) is 12.5. The lowest BCUT2D eigenvalue weighted by Gasteiger charge is -2.46. The van der Waals surface area contributed by atoms with Gasteiger partial charge in [0.15, 0.2) is 5.82 Å². The highest BCUT2D eigenvalue weighted by atomic mass is 35.5. The van der Waals surface area contributed by atoms with Gasteiger partial charge in [0.05, 0.1) is 25.3 Å². The lowest BCUT2D eigenvalue weighted by Crippen LogP contribution is -2.55. The molecule has 0 amide bonds. The molecule has 2 saturated heterocycles. The number of rotatable bonds is 2. The van der Waals surface area contributed by atoms with Crippen molar-refractivity contribution in [2.24, 2.45) is 0 Å². The van der Waals surface area contributed by atoms with Crippen molar-refractivity contribution in [3.05, 3.63) is 39.9 Å². The third kappa shape index (κ3) is 2.62. The highest BCUT2D eigenvalue weighted by Gasteiger charge is 2.37. The number of nitrogens with one attached hydrogen (secondary N) is 1. The van der Waals surface area contributed by atoms with Crippen LogP contribution in [0.2, 0.25) is 5.02 Å². The van der Waals surface area contributed by atoms with Crippen LogP contribution >= 0.6 is 11.6 Å². The zero-order chi connectivity index (χ0) is 15.8. The number of hydrogen-bond acceptors (Lipinski definition) is 5. The van der Waals surface area contributed by atoms with Crippen LogP contribution in [0.3, 0.4) is 0 Å². The first-order valence-electron chi connectivity index (χ1n) is 7.80. The molecule has 2 aromatic heterocycles. The molecule has 0 aromatic carbocycles. The van der Waals surface area contributed by atoms with E-state index in [1.807, 2.05) is 12.1 Å². The standard InChI is InChI=1S/C16H17ClN4O2/c17-13-15(21-11-2-1-3-12(21)9-23-8-11)19-14(20-16(13)22)10-4-6-18-7-5-10/h4-7,11-12H,1-3,8-9H2,(H,19,20,22). The van der Waals surface area contributed by atoms with E-state index in [1.54, 1.807) is 12.4 Å². The van der Waals surface area contributed by atoms with Crippen LogP contribution < -0.4 is 10.5 Å². The largest absolute Gasteiger partial charge is 0.377 e. The Kier molecular flexibility index (Phi) is 3.79. The number of nitrogens with zero attached hydrogens (tertiary/aromatic N) is 3. The summed E-state index contributed by atoms with van der Waals surface area (Å²) in [6.07, 6.45) is 6.59. The molecule has 120 valence electrons. The fourth-order valence-electron chi connectivity index (χ4n) is 3.44. The zero-order valence-corrected chi connectivity index (χ0v) is 13.3. The molecule has 2 fully saturated rings. The Morgan fingerprint density at radius 2 is 1.91 bits per heavy atom. The summed E-state index contributed by atoms with van der Waals surface area (Å²) < 4.78 is 5.67. The van der Waals surface area contributed by atoms with Gasteiger partial charge in [-0.3, -0.25) is 9.78 Å². The average Bonchev–Trinajstić information content (AvgIpc) is 2.57.